The standard InChI is InChI=1S/C26H20FN5O3/c1-14-7-3-6-10-20(14)32-25(30-18-9-5-4-8-16(18)26(34)35)21(15(2)31-32)17-13-19-23(22(27)24(17)33)29-12-11-28-19/h3-13,30,33H,1-2H3,(H,34,35). The highest BCUT2D eigenvalue weighted by Crippen LogP contribution is 2.42. The zero-order chi connectivity index (χ0) is 24.7. The van der Waals surface area contributed by atoms with Crippen LogP contribution in [-0.4, -0.2) is 35.9 Å². The summed E-state index contributed by atoms with van der Waals surface area (Å²) in [5.41, 5.74) is 3.27. The number of rotatable bonds is 5. The number of anilines is 2. The molecule has 0 saturated heterocycles. The Hall–Kier alpha value is -4.79. The molecule has 0 unspecified atom stereocenters. The molecule has 2 aromatic heterocycles. The smallest absolute Gasteiger partial charge is 0.337 e. The third-order valence-electron chi connectivity index (χ3n) is 5.76. The van der Waals surface area contributed by atoms with Crippen LogP contribution in [0.3, 0.4) is 0 Å². The van der Waals surface area contributed by atoms with E-state index in [-0.39, 0.29) is 22.2 Å². The molecule has 0 aliphatic carbocycles. The quantitative estimate of drug-likeness (QED) is 0.316. The maximum atomic E-state index is 15.1. The third-order valence-corrected chi connectivity index (χ3v) is 5.76. The van der Waals surface area contributed by atoms with Crippen molar-refractivity contribution in [2.45, 2.75) is 13.8 Å². The largest absolute Gasteiger partial charge is 0.504 e. The van der Waals surface area contributed by atoms with Gasteiger partial charge in [-0.2, -0.15) is 5.10 Å². The Morgan fingerprint density at radius 1 is 1.03 bits per heavy atom. The van der Waals surface area contributed by atoms with E-state index in [0.29, 0.717) is 22.8 Å². The number of hydrogen-bond acceptors (Lipinski definition) is 6. The SMILES string of the molecule is Cc1ccccc1-n1nc(C)c(-c2cc3nccnc3c(F)c2O)c1Nc1ccccc1C(=O)O. The first-order valence-electron chi connectivity index (χ1n) is 10.7. The molecule has 2 heterocycles. The van der Waals surface area contributed by atoms with Gasteiger partial charge in [0.1, 0.15) is 11.3 Å². The summed E-state index contributed by atoms with van der Waals surface area (Å²) in [5, 5.41) is 28.4. The van der Waals surface area contributed by atoms with Crippen molar-refractivity contribution >= 4 is 28.5 Å². The van der Waals surface area contributed by atoms with Gasteiger partial charge in [0.25, 0.3) is 0 Å². The summed E-state index contributed by atoms with van der Waals surface area (Å²) in [7, 11) is 0. The van der Waals surface area contributed by atoms with Crippen molar-refractivity contribution < 1.29 is 19.4 Å². The fraction of sp³-hybridized carbons (Fsp3) is 0.0769. The van der Waals surface area contributed by atoms with Crippen LogP contribution in [0.4, 0.5) is 15.9 Å². The zero-order valence-electron chi connectivity index (χ0n) is 18.8. The fourth-order valence-electron chi connectivity index (χ4n) is 4.10. The Labute approximate surface area is 199 Å². The first kappa shape index (κ1) is 22.0. The first-order valence-corrected chi connectivity index (χ1v) is 10.7. The minimum atomic E-state index is -1.11. The number of phenols is 1. The molecule has 5 rings (SSSR count). The van der Waals surface area contributed by atoms with E-state index in [1.165, 1.54) is 18.5 Å². The summed E-state index contributed by atoms with van der Waals surface area (Å²) in [6, 6.07) is 15.5. The van der Waals surface area contributed by atoms with E-state index < -0.39 is 17.5 Å². The third kappa shape index (κ3) is 3.72. The Morgan fingerprint density at radius 3 is 2.51 bits per heavy atom. The number of hydrogen-bond donors (Lipinski definition) is 3. The van der Waals surface area contributed by atoms with Gasteiger partial charge >= 0.3 is 5.97 Å². The number of carbonyl (C=O) groups is 1. The number of nitrogens with one attached hydrogen (secondary N) is 1. The van der Waals surface area contributed by atoms with Crippen LogP contribution in [-0.2, 0) is 0 Å². The number of carboxylic acids is 1. The van der Waals surface area contributed by atoms with Crippen LogP contribution in [0.15, 0.2) is 67.0 Å². The normalized spacial score (nSPS) is 11.1. The molecule has 0 radical (unpaired) electrons. The molecule has 0 aliphatic rings. The maximum absolute atomic E-state index is 15.1. The van der Waals surface area contributed by atoms with Crippen LogP contribution in [0.2, 0.25) is 0 Å². The summed E-state index contributed by atoms with van der Waals surface area (Å²) >= 11 is 0. The number of fused-ring (bicyclic) bond motifs is 1. The second kappa shape index (κ2) is 8.53. The molecule has 0 bridgehead atoms. The predicted molar refractivity (Wildman–Crippen MR) is 130 cm³/mol. The lowest BCUT2D eigenvalue weighted by molar-refractivity contribution is 0.0698. The molecule has 0 aliphatic heterocycles. The number of para-hydroxylation sites is 2. The lowest BCUT2D eigenvalue weighted by Gasteiger charge is -2.16. The number of aromatic carboxylic acids is 1. The molecule has 0 spiro atoms. The summed E-state index contributed by atoms with van der Waals surface area (Å²) in [6.45, 7) is 3.65. The Morgan fingerprint density at radius 2 is 1.74 bits per heavy atom. The van der Waals surface area contributed by atoms with Gasteiger partial charge in [-0.3, -0.25) is 4.98 Å². The summed E-state index contributed by atoms with van der Waals surface area (Å²) in [6.07, 6.45) is 2.79. The highest BCUT2D eigenvalue weighted by molar-refractivity contribution is 5.97. The molecule has 0 atom stereocenters. The van der Waals surface area contributed by atoms with Crippen molar-refractivity contribution in [1.82, 2.24) is 19.7 Å². The molecule has 174 valence electrons. The van der Waals surface area contributed by atoms with Crippen LogP contribution < -0.4 is 5.32 Å². The molecule has 9 heteroatoms. The molecular weight excluding hydrogens is 449 g/mol. The minimum Gasteiger partial charge on any atom is -0.504 e. The lowest BCUT2D eigenvalue weighted by Crippen LogP contribution is -2.08. The zero-order valence-corrected chi connectivity index (χ0v) is 18.8. The average Bonchev–Trinajstić information content (AvgIpc) is 3.17. The summed E-state index contributed by atoms with van der Waals surface area (Å²) in [4.78, 5) is 20.0. The van der Waals surface area contributed by atoms with Gasteiger partial charge in [0.2, 0.25) is 0 Å². The van der Waals surface area contributed by atoms with E-state index in [1.807, 2.05) is 31.2 Å². The van der Waals surface area contributed by atoms with Crippen molar-refractivity contribution in [3.05, 3.63) is 89.6 Å². The van der Waals surface area contributed by atoms with Gasteiger partial charge in [0.05, 0.1) is 33.7 Å². The minimum absolute atomic E-state index is 0.0495. The molecule has 0 saturated carbocycles. The molecule has 0 fully saturated rings. The Balaban J connectivity index is 1.82. The Kier molecular flexibility index (Phi) is 5.37. The first-order chi connectivity index (χ1) is 16.9. The average molecular weight is 469 g/mol. The second-order valence-corrected chi connectivity index (χ2v) is 7.99. The maximum Gasteiger partial charge on any atom is 0.337 e. The number of nitrogens with zero attached hydrogens (tertiary/aromatic N) is 4. The van der Waals surface area contributed by atoms with Crippen LogP contribution >= 0.6 is 0 Å². The van der Waals surface area contributed by atoms with Crippen molar-refractivity contribution in [1.29, 1.82) is 0 Å². The van der Waals surface area contributed by atoms with E-state index in [4.69, 9.17) is 0 Å². The highest BCUT2D eigenvalue weighted by atomic mass is 19.1. The number of aromatic hydroxyl groups is 1. The van der Waals surface area contributed by atoms with E-state index in [1.54, 1.807) is 35.9 Å². The van der Waals surface area contributed by atoms with Gasteiger partial charge in [0.15, 0.2) is 11.6 Å². The van der Waals surface area contributed by atoms with Crippen molar-refractivity contribution in [3.8, 4) is 22.6 Å². The number of phenolic OH excluding ortho intramolecular Hbond substituents is 1. The molecule has 5 aromatic rings. The van der Waals surface area contributed by atoms with Crippen LogP contribution in [0.5, 0.6) is 5.75 Å². The molecule has 0 amide bonds. The predicted octanol–water partition coefficient (Wildman–Crippen LogP) is 5.39. The second-order valence-electron chi connectivity index (χ2n) is 7.99. The van der Waals surface area contributed by atoms with Crippen LogP contribution in [0, 0.1) is 19.7 Å². The number of aryl methyl sites for hydroxylation is 2. The molecule has 3 N–H and O–H groups in total. The van der Waals surface area contributed by atoms with Gasteiger partial charge in [-0.25, -0.2) is 18.9 Å². The van der Waals surface area contributed by atoms with Gasteiger partial charge in [-0.15, -0.1) is 0 Å². The van der Waals surface area contributed by atoms with E-state index >= 15 is 4.39 Å². The van der Waals surface area contributed by atoms with Crippen LogP contribution in [0.25, 0.3) is 27.8 Å². The van der Waals surface area contributed by atoms with Crippen molar-refractivity contribution in [3.63, 3.8) is 0 Å². The number of aromatic nitrogens is 4. The monoisotopic (exact) mass is 469 g/mol. The molecule has 35 heavy (non-hydrogen) atoms. The van der Waals surface area contributed by atoms with Crippen molar-refractivity contribution in [2.75, 3.05) is 5.32 Å². The molecule has 8 nitrogen and oxygen atoms in total. The van der Waals surface area contributed by atoms with Crippen molar-refractivity contribution in [2.24, 2.45) is 0 Å². The summed E-state index contributed by atoms with van der Waals surface area (Å²) in [5.74, 6) is -2.24. The van der Waals surface area contributed by atoms with E-state index in [0.717, 1.165) is 11.3 Å². The van der Waals surface area contributed by atoms with Crippen LogP contribution in [0.1, 0.15) is 21.6 Å². The van der Waals surface area contributed by atoms with Gasteiger partial charge < -0.3 is 15.5 Å². The topological polar surface area (TPSA) is 113 Å². The Bertz CT molecular complexity index is 1610. The number of benzene rings is 3. The summed E-state index contributed by atoms with van der Waals surface area (Å²) < 4.78 is 16.7. The van der Waals surface area contributed by atoms with Gasteiger partial charge in [0, 0.05) is 18.0 Å². The van der Waals surface area contributed by atoms with Gasteiger partial charge in [-0.1, -0.05) is 30.3 Å². The number of carboxylic acid groups (broad SMARTS) is 1. The highest BCUT2D eigenvalue weighted by Gasteiger charge is 2.25. The van der Waals surface area contributed by atoms with Gasteiger partial charge in [-0.05, 0) is 43.7 Å². The molecule has 3 aromatic carbocycles. The number of halogens is 1. The van der Waals surface area contributed by atoms with E-state index in [2.05, 4.69) is 20.4 Å². The van der Waals surface area contributed by atoms with E-state index in [9.17, 15) is 15.0 Å². The fourth-order valence-corrected chi connectivity index (χ4v) is 4.10. The lowest BCUT2D eigenvalue weighted by atomic mass is 10.0. The molecular formula is C26H20FN5O3.